The molecular weight excluding hydrogens is 280 g/mol. The summed E-state index contributed by atoms with van der Waals surface area (Å²) in [5.74, 6) is -1.62. The minimum absolute atomic E-state index is 0.121. The maximum absolute atomic E-state index is 13.3. The lowest BCUT2D eigenvalue weighted by Gasteiger charge is -2.16. The van der Waals surface area contributed by atoms with E-state index in [2.05, 4.69) is 21.2 Å². The van der Waals surface area contributed by atoms with Gasteiger partial charge in [0.15, 0.2) is 0 Å². The summed E-state index contributed by atoms with van der Waals surface area (Å²) in [6, 6.07) is 2.92. The molecular formula is C11H12BrF2NO. The first-order valence-electron chi connectivity index (χ1n) is 4.82. The Bertz CT molecular complexity index is 375. The van der Waals surface area contributed by atoms with E-state index in [4.69, 9.17) is 0 Å². The van der Waals surface area contributed by atoms with Crippen molar-refractivity contribution in [3.05, 3.63) is 35.4 Å². The summed E-state index contributed by atoms with van der Waals surface area (Å²) in [5.41, 5.74) is -0.121. The highest BCUT2D eigenvalue weighted by Gasteiger charge is 2.19. The molecule has 2 nitrogen and oxygen atoms in total. The van der Waals surface area contributed by atoms with Crippen LogP contribution < -0.4 is 5.32 Å². The lowest BCUT2D eigenvalue weighted by Crippen LogP contribution is -2.32. The lowest BCUT2D eigenvalue weighted by atomic mass is 10.1. The molecule has 88 valence electrons. The average molecular weight is 292 g/mol. The highest BCUT2D eigenvalue weighted by atomic mass is 79.9. The molecule has 0 aromatic heterocycles. The van der Waals surface area contributed by atoms with E-state index in [9.17, 15) is 13.6 Å². The summed E-state index contributed by atoms with van der Waals surface area (Å²) >= 11 is 3.08. The number of halogens is 3. The van der Waals surface area contributed by atoms with Crippen LogP contribution in [-0.2, 0) is 4.79 Å². The van der Waals surface area contributed by atoms with E-state index in [1.54, 1.807) is 6.92 Å². The van der Waals surface area contributed by atoms with E-state index >= 15 is 0 Å². The predicted octanol–water partition coefficient (Wildman–Crippen LogP) is 2.93. The quantitative estimate of drug-likeness (QED) is 0.853. The van der Waals surface area contributed by atoms with Crippen molar-refractivity contribution in [1.82, 2.24) is 5.32 Å². The van der Waals surface area contributed by atoms with Gasteiger partial charge in [-0.1, -0.05) is 22.0 Å². The third-order valence-corrected chi connectivity index (χ3v) is 2.57. The molecule has 1 aromatic carbocycles. The van der Waals surface area contributed by atoms with Crippen molar-refractivity contribution in [2.75, 3.05) is 0 Å². The number of amides is 1. The molecule has 0 aliphatic rings. The molecule has 0 heterocycles. The molecule has 1 amide bonds. The molecule has 0 saturated heterocycles. The maximum Gasteiger partial charge on any atom is 0.233 e. The van der Waals surface area contributed by atoms with Gasteiger partial charge in [0.05, 0.1) is 10.9 Å². The first-order valence-corrected chi connectivity index (χ1v) is 5.73. The standard InChI is InChI=1S/C11H12BrF2NO/c1-6(12)11(16)15-7(2)10-8(13)4-3-5-9(10)14/h3-7H,1-2H3,(H,15,16). The van der Waals surface area contributed by atoms with Gasteiger partial charge in [-0.15, -0.1) is 0 Å². The predicted molar refractivity (Wildman–Crippen MR) is 61.3 cm³/mol. The van der Waals surface area contributed by atoms with E-state index in [1.807, 2.05) is 0 Å². The second-order valence-electron chi connectivity index (χ2n) is 3.48. The van der Waals surface area contributed by atoms with Crippen LogP contribution in [0.4, 0.5) is 8.78 Å². The summed E-state index contributed by atoms with van der Waals surface area (Å²) in [6.07, 6.45) is 0. The van der Waals surface area contributed by atoms with Crippen molar-refractivity contribution < 1.29 is 13.6 Å². The Morgan fingerprint density at radius 2 is 1.81 bits per heavy atom. The minimum Gasteiger partial charge on any atom is -0.348 e. The van der Waals surface area contributed by atoms with Crippen molar-refractivity contribution in [3.8, 4) is 0 Å². The number of nitrogens with one attached hydrogen (secondary N) is 1. The molecule has 1 N–H and O–H groups in total. The zero-order valence-corrected chi connectivity index (χ0v) is 10.5. The van der Waals surface area contributed by atoms with E-state index in [-0.39, 0.29) is 11.5 Å². The molecule has 0 fully saturated rings. The van der Waals surface area contributed by atoms with Gasteiger partial charge in [0.1, 0.15) is 11.6 Å². The normalized spacial score (nSPS) is 14.3. The van der Waals surface area contributed by atoms with Gasteiger partial charge in [-0.3, -0.25) is 4.79 Å². The van der Waals surface area contributed by atoms with Crippen molar-refractivity contribution >= 4 is 21.8 Å². The Labute approximate surface area is 101 Å². The lowest BCUT2D eigenvalue weighted by molar-refractivity contribution is -0.120. The molecule has 0 spiro atoms. The number of hydrogen-bond acceptors (Lipinski definition) is 1. The first kappa shape index (κ1) is 13.1. The number of rotatable bonds is 3. The summed E-state index contributed by atoms with van der Waals surface area (Å²) < 4.78 is 26.7. The van der Waals surface area contributed by atoms with E-state index < -0.39 is 22.5 Å². The molecule has 0 bridgehead atoms. The summed E-state index contributed by atoms with van der Waals surface area (Å²) in [6.45, 7) is 3.18. The Hall–Kier alpha value is -0.970. The van der Waals surface area contributed by atoms with E-state index in [0.29, 0.717) is 0 Å². The van der Waals surface area contributed by atoms with Crippen LogP contribution in [0.1, 0.15) is 25.5 Å². The highest BCUT2D eigenvalue weighted by Crippen LogP contribution is 2.20. The maximum atomic E-state index is 13.3. The van der Waals surface area contributed by atoms with E-state index in [0.717, 1.165) is 0 Å². The van der Waals surface area contributed by atoms with Gasteiger partial charge in [0.2, 0.25) is 5.91 Å². The Kier molecular flexibility index (Phi) is 4.41. The number of carbonyl (C=O) groups is 1. The zero-order chi connectivity index (χ0) is 12.3. The van der Waals surface area contributed by atoms with Gasteiger partial charge in [-0.2, -0.15) is 0 Å². The monoisotopic (exact) mass is 291 g/mol. The molecule has 1 aromatic rings. The molecule has 0 aliphatic carbocycles. The van der Waals surface area contributed by atoms with Gasteiger partial charge in [-0.25, -0.2) is 8.78 Å². The number of carbonyl (C=O) groups excluding carboxylic acids is 1. The molecule has 2 unspecified atom stereocenters. The van der Waals surface area contributed by atoms with Crippen LogP contribution in [0.5, 0.6) is 0 Å². The third kappa shape index (κ3) is 3.01. The fourth-order valence-electron chi connectivity index (χ4n) is 1.32. The second-order valence-corrected chi connectivity index (χ2v) is 4.86. The summed E-state index contributed by atoms with van der Waals surface area (Å²) in [4.78, 5) is 10.9. The Morgan fingerprint density at radius 3 is 2.25 bits per heavy atom. The SMILES string of the molecule is CC(Br)C(=O)NC(C)c1c(F)cccc1F. The average Bonchev–Trinajstić information content (AvgIpc) is 2.16. The smallest absolute Gasteiger partial charge is 0.233 e. The molecule has 0 radical (unpaired) electrons. The number of benzene rings is 1. The molecule has 0 saturated carbocycles. The van der Waals surface area contributed by atoms with Crippen molar-refractivity contribution in [3.63, 3.8) is 0 Å². The fourth-order valence-corrected chi connectivity index (χ4v) is 1.46. The van der Waals surface area contributed by atoms with Crippen LogP contribution in [0.3, 0.4) is 0 Å². The number of alkyl halides is 1. The van der Waals surface area contributed by atoms with Gasteiger partial charge in [0, 0.05) is 5.56 Å². The minimum atomic E-state index is -0.700. The molecule has 1 rings (SSSR count). The second kappa shape index (κ2) is 5.39. The number of hydrogen-bond donors (Lipinski definition) is 1. The zero-order valence-electron chi connectivity index (χ0n) is 8.93. The van der Waals surface area contributed by atoms with E-state index in [1.165, 1.54) is 25.1 Å². The Morgan fingerprint density at radius 1 is 1.31 bits per heavy atom. The van der Waals surface area contributed by atoms with Gasteiger partial charge in [0.25, 0.3) is 0 Å². The van der Waals surface area contributed by atoms with Crippen LogP contribution in [-0.4, -0.2) is 10.7 Å². The molecule has 0 aliphatic heterocycles. The van der Waals surface area contributed by atoms with Crippen LogP contribution in [0.2, 0.25) is 0 Å². The Balaban J connectivity index is 2.88. The van der Waals surface area contributed by atoms with Crippen LogP contribution in [0.15, 0.2) is 18.2 Å². The van der Waals surface area contributed by atoms with Crippen LogP contribution >= 0.6 is 15.9 Å². The fraction of sp³-hybridized carbons (Fsp3) is 0.364. The molecule has 5 heteroatoms. The van der Waals surface area contributed by atoms with Gasteiger partial charge in [-0.05, 0) is 26.0 Å². The topological polar surface area (TPSA) is 29.1 Å². The summed E-state index contributed by atoms with van der Waals surface area (Å²) in [7, 11) is 0. The largest absolute Gasteiger partial charge is 0.348 e. The van der Waals surface area contributed by atoms with Gasteiger partial charge >= 0.3 is 0 Å². The molecule has 16 heavy (non-hydrogen) atoms. The van der Waals surface area contributed by atoms with Crippen molar-refractivity contribution in [1.29, 1.82) is 0 Å². The van der Waals surface area contributed by atoms with Gasteiger partial charge < -0.3 is 5.32 Å². The molecule has 2 atom stereocenters. The highest BCUT2D eigenvalue weighted by molar-refractivity contribution is 9.10. The van der Waals surface area contributed by atoms with Crippen LogP contribution in [0, 0.1) is 11.6 Å². The van der Waals surface area contributed by atoms with Crippen molar-refractivity contribution in [2.24, 2.45) is 0 Å². The third-order valence-electron chi connectivity index (χ3n) is 2.15. The summed E-state index contributed by atoms with van der Waals surface area (Å²) in [5, 5.41) is 2.51. The first-order chi connectivity index (χ1) is 7.43. The van der Waals surface area contributed by atoms with Crippen molar-refractivity contribution in [2.45, 2.75) is 24.7 Å². The van der Waals surface area contributed by atoms with Crippen LogP contribution in [0.25, 0.3) is 0 Å².